The molecule has 0 bridgehead atoms. The van der Waals surface area contributed by atoms with Crippen LogP contribution in [0.25, 0.3) is 0 Å². The largest absolute Gasteiger partial charge is 0.497 e. The maximum absolute atomic E-state index is 12.2. The Morgan fingerprint density at radius 3 is 2.43 bits per heavy atom. The van der Waals surface area contributed by atoms with Gasteiger partial charge in [-0.1, -0.05) is 6.07 Å². The smallest absolute Gasteiger partial charge is 0.359 e. The molecule has 0 saturated heterocycles. The van der Waals surface area contributed by atoms with Crippen LogP contribution in [0.3, 0.4) is 0 Å². The van der Waals surface area contributed by atoms with Gasteiger partial charge in [0.25, 0.3) is 0 Å². The Morgan fingerprint density at radius 2 is 1.90 bits per heavy atom. The molecule has 0 aliphatic carbocycles. The highest BCUT2D eigenvalue weighted by molar-refractivity contribution is 5.93. The Bertz CT molecular complexity index is 520. The third-order valence-electron chi connectivity index (χ3n) is 3.23. The number of carbonyl (C=O) groups excluding carboxylic acids is 2. The molecular formula is C14H20N2O5. The molecule has 0 aliphatic heterocycles. The number of urea groups is 1. The molecule has 0 aliphatic rings. The van der Waals surface area contributed by atoms with E-state index in [2.05, 4.69) is 10.1 Å². The summed E-state index contributed by atoms with van der Waals surface area (Å²) in [6.07, 6.45) is 0. The van der Waals surface area contributed by atoms with Crippen LogP contribution in [0.1, 0.15) is 6.92 Å². The van der Waals surface area contributed by atoms with Gasteiger partial charge in [-0.25, -0.2) is 9.59 Å². The average molecular weight is 296 g/mol. The normalized spacial score (nSPS) is 13.0. The first-order chi connectivity index (χ1) is 9.88. The molecule has 0 heterocycles. The Balaban J connectivity index is 2.89. The first-order valence-electron chi connectivity index (χ1n) is 6.21. The highest BCUT2D eigenvalue weighted by atomic mass is 16.6. The zero-order chi connectivity index (χ0) is 16.0. The summed E-state index contributed by atoms with van der Waals surface area (Å²) in [7, 11) is 5.53. The molecule has 1 atom stereocenters. The second kappa shape index (κ2) is 6.94. The molecule has 0 radical (unpaired) electrons. The number of ether oxygens (including phenoxy) is 3. The van der Waals surface area contributed by atoms with Gasteiger partial charge in [0.15, 0.2) is 0 Å². The Morgan fingerprint density at radius 1 is 1.24 bits per heavy atom. The molecule has 1 aromatic carbocycles. The highest BCUT2D eigenvalue weighted by Crippen LogP contribution is 2.20. The van der Waals surface area contributed by atoms with Crippen molar-refractivity contribution in [2.45, 2.75) is 12.6 Å². The van der Waals surface area contributed by atoms with E-state index >= 15 is 0 Å². The van der Waals surface area contributed by atoms with E-state index in [1.807, 2.05) is 0 Å². The van der Waals surface area contributed by atoms with Gasteiger partial charge in [0.05, 0.1) is 14.2 Å². The van der Waals surface area contributed by atoms with Crippen molar-refractivity contribution in [3.05, 3.63) is 24.3 Å². The summed E-state index contributed by atoms with van der Waals surface area (Å²) >= 11 is 0. The van der Waals surface area contributed by atoms with Crippen molar-refractivity contribution in [1.29, 1.82) is 0 Å². The summed E-state index contributed by atoms with van der Waals surface area (Å²) < 4.78 is 14.9. The van der Waals surface area contributed by atoms with Gasteiger partial charge in [0.2, 0.25) is 5.72 Å². The molecule has 2 amide bonds. The van der Waals surface area contributed by atoms with Crippen LogP contribution in [0.15, 0.2) is 24.3 Å². The van der Waals surface area contributed by atoms with Gasteiger partial charge >= 0.3 is 12.0 Å². The fourth-order valence-electron chi connectivity index (χ4n) is 1.65. The number of amides is 2. The van der Waals surface area contributed by atoms with Crippen LogP contribution >= 0.6 is 0 Å². The zero-order valence-corrected chi connectivity index (χ0v) is 12.8. The van der Waals surface area contributed by atoms with Crippen molar-refractivity contribution in [3.63, 3.8) is 0 Å². The van der Waals surface area contributed by atoms with Gasteiger partial charge in [0, 0.05) is 25.9 Å². The number of nitrogens with zero attached hydrogens (tertiary/aromatic N) is 1. The monoisotopic (exact) mass is 296 g/mol. The van der Waals surface area contributed by atoms with Crippen LogP contribution in [0.5, 0.6) is 5.75 Å². The lowest BCUT2D eigenvalue weighted by Gasteiger charge is -2.34. The van der Waals surface area contributed by atoms with Crippen LogP contribution in [-0.2, 0) is 14.3 Å². The number of hydrogen-bond acceptors (Lipinski definition) is 5. The van der Waals surface area contributed by atoms with Crippen molar-refractivity contribution in [3.8, 4) is 5.75 Å². The number of nitrogens with one attached hydrogen (secondary N) is 1. The molecular weight excluding hydrogens is 276 g/mol. The number of likely N-dealkylation sites (N-methyl/N-ethyl adjacent to an activating group) is 1. The van der Waals surface area contributed by atoms with Crippen LogP contribution < -0.4 is 10.1 Å². The molecule has 0 aromatic heterocycles. The van der Waals surface area contributed by atoms with E-state index in [4.69, 9.17) is 9.47 Å². The molecule has 0 saturated carbocycles. The average Bonchev–Trinajstić information content (AvgIpc) is 2.52. The number of rotatable bonds is 5. The second-order valence-electron chi connectivity index (χ2n) is 4.40. The number of anilines is 1. The lowest BCUT2D eigenvalue weighted by Crippen LogP contribution is -2.56. The second-order valence-corrected chi connectivity index (χ2v) is 4.40. The van der Waals surface area contributed by atoms with Gasteiger partial charge < -0.3 is 19.5 Å². The minimum Gasteiger partial charge on any atom is -0.497 e. The molecule has 1 N–H and O–H groups in total. The van der Waals surface area contributed by atoms with Crippen LogP contribution in [0.4, 0.5) is 10.5 Å². The summed E-state index contributed by atoms with van der Waals surface area (Å²) in [5.41, 5.74) is -0.980. The van der Waals surface area contributed by atoms with E-state index in [-0.39, 0.29) is 0 Å². The fraction of sp³-hybridized carbons (Fsp3) is 0.429. The van der Waals surface area contributed by atoms with Gasteiger partial charge in [-0.3, -0.25) is 4.90 Å². The minimum absolute atomic E-state index is 0.516. The molecule has 7 heteroatoms. The Labute approximate surface area is 123 Å². The SMILES string of the molecule is COC(=O)C(C)(OC)N(C)C(=O)Nc1cccc(OC)c1. The van der Waals surface area contributed by atoms with Crippen molar-refractivity contribution < 1.29 is 23.8 Å². The molecule has 1 aromatic rings. The molecule has 1 rings (SSSR count). The summed E-state index contributed by atoms with van der Waals surface area (Å²) in [5.74, 6) is -0.0637. The highest BCUT2D eigenvalue weighted by Gasteiger charge is 2.41. The van der Waals surface area contributed by atoms with E-state index in [1.165, 1.54) is 35.3 Å². The lowest BCUT2D eigenvalue weighted by atomic mass is 10.2. The lowest BCUT2D eigenvalue weighted by molar-refractivity contribution is -0.180. The van der Waals surface area contributed by atoms with Crippen LogP contribution in [0.2, 0.25) is 0 Å². The quantitative estimate of drug-likeness (QED) is 0.661. The Hall–Kier alpha value is -2.28. The van der Waals surface area contributed by atoms with E-state index in [1.54, 1.807) is 24.3 Å². The molecule has 21 heavy (non-hydrogen) atoms. The van der Waals surface area contributed by atoms with E-state index in [0.29, 0.717) is 11.4 Å². The summed E-state index contributed by atoms with van der Waals surface area (Å²) in [5, 5.41) is 2.65. The van der Waals surface area contributed by atoms with Crippen LogP contribution in [0, 0.1) is 0 Å². The number of carbonyl (C=O) groups is 2. The van der Waals surface area contributed by atoms with Crippen LogP contribution in [-0.4, -0.2) is 51.0 Å². The summed E-state index contributed by atoms with van der Waals surface area (Å²) in [6.45, 7) is 1.45. The predicted octanol–water partition coefficient (Wildman–Crippen LogP) is 1.69. The third kappa shape index (κ3) is 3.63. The maximum Gasteiger partial charge on any atom is 0.359 e. The molecule has 116 valence electrons. The van der Waals surface area contributed by atoms with Gasteiger partial charge in [-0.05, 0) is 19.1 Å². The topological polar surface area (TPSA) is 77.1 Å². The van der Waals surface area contributed by atoms with E-state index in [0.717, 1.165) is 4.90 Å². The molecule has 0 fully saturated rings. The maximum atomic E-state index is 12.2. The Kier molecular flexibility index (Phi) is 5.54. The minimum atomic E-state index is -1.52. The van der Waals surface area contributed by atoms with Gasteiger partial charge in [0.1, 0.15) is 5.75 Å². The molecule has 1 unspecified atom stereocenters. The molecule has 7 nitrogen and oxygen atoms in total. The molecule has 0 spiro atoms. The van der Waals surface area contributed by atoms with Gasteiger partial charge in [-0.15, -0.1) is 0 Å². The first-order valence-corrected chi connectivity index (χ1v) is 6.21. The number of esters is 1. The van der Waals surface area contributed by atoms with Crippen molar-refractivity contribution in [1.82, 2.24) is 4.90 Å². The predicted molar refractivity (Wildman–Crippen MR) is 77.2 cm³/mol. The standard InChI is InChI=1S/C14H20N2O5/c1-14(21-5,12(17)20-4)16(2)13(18)15-10-7-6-8-11(9-10)19-3/h6-9H,1-5H3,(H,15,18). The van der Waals surface area contributed by atoms with E-state index in [9.17, 15) is 9.59 Å². The van der Waals surface area contributed by atoms with Crippen molar-refractivity contribution in [2.24, 2.45) is 0 Å². The van der Waals surface area contributed by atoms with Crippen molar-refractivity contribution >= 4 is 17.7 Å². The number of methoxy groups -OCH3 is 3. The number of benzene rings is 1. The van der Waals surface area contributed by atoms with Gasteiger partial charge in [-0.2, -0.15) is 0 Å². The fourth-order valence-corrected chi connectivity index (χ4v) is 1.65. The number of hydrogen-bond donors (Lipinski definition) is 1. The third-order valence-corrected chi connectivity index (χ3v) is 3.23. The summed E-state index contributed by atoms with van der Waals surface area (Å²) in [6, 6.07) is 6.35. The van der Waals surface area contributed by atoms with Crippen molar-refractivity contribution in [2.75, 3.05) is 33.7 Å². The van der Waals surface area contributed by atoms with E-state index < -0.39 is 17.7 Å². The summed E-state index contributed by atoms with van der Waals surface area (Å²) in [4.78, 5) is 25.1. The first kappa shape index (κ1) is 16.8. The zero-order valence-electron chi connectivity index (χ0n) is 12.8.